The van der Waals surface area contributed by atoms with Crippen LogP contribution < -0.4 is 0 Å². The molecular formula is C42H66O5. The number of ether oxygens (including phenoxy) is 2. The smallest absolute Gasteiger partial charge is 0.306 e. The Kier molecular flexibility index (Phi) is 34.8. The zero-order chi connectivity index (χ0) is 34.3. The van der Waals surface area contributed by atoms with E-state index in [4.69, 9.17) is 9.47 Å². The molecule has 1 N–H and O–H groups in total. The molecule has 5 nitrogen and oxygen atoms in total. The number of esters is 2. The van der Waals surface area contributed by atoms with Gasteiger partial charge in [-0.2, -0.15) is 0 Å². The summed E-state index contributed by atoms with van der Waals surface area (Å²) in [6.07, 6.45) is 52.1. The fraction of sp³-hybridized carbons (Fsp3) is 0.571. The first-order valence-electron chi connectivity index (χ1n) is 18.3. The number of rotatable bonds is 31. The van der Waals surface area contributed by atoms with E-state index in [0.717, 1.165) is 89.9 Å². The molecule has 0 aromatic rings. The Morgan fingerprint density at radius 3 is 1.38 bits per heavy atom. The van der Waals surface area contributed by atoms with E-state index in [2.05, 4.69) is 111 Å². The normalized spacial score (nSPS) is 13.3. The van der Waals surface area contributed by atoms with Crippen molar-refractivity contribution < 1.29 is 24.2 Å². The van der Waals surface area contributed by atoms with E-state index in [1.54, 1.807) is 0 Å². The van der Waals surface area contributed by atoms with Crippen LogP contribution in [0.4, 0.5) is 0 Å². The van der Waals surface area contributed by atoms with E-state index in [0.29, 0.717) is 12.8 Å². The van der Waals surface area contributed by atoms with E-state index in [1.165, 1.54) is 19.3 Å². The summed E-state index contributed by atoms with van der Waals surface area (Å²) < 4.78 is 10.5. The Bertz CT molecular complexity index is 964. The van der Waals surface area contributed by atoms with Gasteiger partial charge in [0.1, 0.15) is 6.61 Å². The monoisotopic (exact) mass is 650 g/mol. The van der Waals surface area contributed by atoms with Gasteiger partial charge in [0.2, 0.25) is 0 Å². The Labute approximate surface area is 288 Å². The van der Waals surface area contributed by atoms with Crippen LogP contribution in [-0.2, 0) is 19.1 Å². The molecule has 0 amide bonds. The summed E-state index contributed by atoms with van der Waals surface area (Å²) >= 11 is 0. The van der Waals surface area contributed by atoms with Crippen molar-refractivity contribution in [2.24, 2.45) is 0 Å². The molecule has 0 spiro atoms. The molecule has 0 aromatic heterocycles. The predicted octanol–water partition coefficient (Wildman–Crippen LogP) is 11.3. The van der Waals surface area contributed by atoms with Crippen LogP contribution in [0, 0.1) is 0 Å². The molecule has 0 fully saturated rings. The molecule has 0 rings (SSSR count). The van der Waals surface area contributed by atoms with Crippen molar-refractivity contribution >= 4 is 11.9 Å². The summed E-state index contributed by atoms with van der Waals surface area (Å²) in [4.78, 5) is 24.0. The number of aliphatic hydroxyl groups is 1. The van der Waals surface area contributed by atoms with E-state index in [1.807, 2.05) is 0 Å². The predicted molar refractivity (Wildman–Crippen MR) is 200 cm³/mol. The van der Waals surface area contributed by atoms with Crippen LogP contribution in [0.15, 0.2) is 97.2 Å². The van der Waals surface area contributed by atoms with Crippen LogP contribution in [0.1, 0.15) is 136 Å². The molecular weight excluding hydrogens is 584 g/mol. The highest BCUT2D eigenvalue weighted by atomic mass is 16.6. The maximum Gasteiger partial charge on any atom is 0.306 e. The van der Waals surface area contributed by atoms with Crippen LogP contribution in [0.25, 0.3) is 0 Å². The highest BCUT2D eigenvalue weighted by molar-refractivity contribution is 5.70. The van der Waals surface area contributed by atoms with Crippen molar-refractivity contribution in [1.29, 1.82) is 0 Å². The highest BCUT2D eigenvalue weighted by Gasteiger charge is 2.15. The summed E-state index contributed by atoms with van der Waals surface area (Å²) in [5, 5.41) is 9.46. The lowest BCUT2D eigenvalue weighted by atomic mass is 10.1. The van der Waals surface area contributed by atoms with E-state index in [-0.39, 0.29) is 25.2 Å². The average molecular weight is 651 g/mol. The molecule has 0 aliphatic heterocycles. The molecule has 0 saturated heterocycles. The van der Waals surface area contributed by atoms with Crippen LogP contribution in [0.2, 0.25) is 0 Å². The number of aliphatic hydroxyl groups excluding tert-OH is 1. The van der Waals surface area contributed by atoms with Gasteiger partial charge in [-0.1, -0.05) is 143 Å². The van der Waals surface area contributed by atoms with Gasteiger partial charge in [0.05, 0.1) is 6.61 Å². The van der Waals surface area contributed by atoms with Crippen molar-refractivity contribution in [3.63, 3.8) is 0 Å². The lowest BCUT2D eigenvalue weighted by Crippen LogP contribution is -2.28. The number of hydrogen-bond acceptors (Lipinski definition) is 5. The highest BCUT2D eigenvalue weighted by Crippen LogP contribution is 2.09. The van der Waals surface area contributed by atoms with E-state index in [9.17, 15) is 14.7 Å². The third kappa shape index (κ3) is 35.5. The summed E-state index contributed by atoms with van der Waals surface area (Å²) in [5.41, 5.74) is 0. The van der Waals surface area contributed by atoms with Crippen LogP contribution in [-0.4, -0.2) is 36.4 Å². The molecule has 0 aliphatic carbocycles. The Hall–Kier alpha value is -3.18. The van der Waals surface area contributed by atoms with Crippen molar-refractivity contribution in [1.82, 2.24) is 0 Å². The van der Waals surface area contributed by atoms with Gasteiger partial charge in [0, 0.05) is 12.8 Å². The zero-order valence-electron chi connectivity index (χ0n) is 29.7. The van der Waals surface area contributed by atoms with Crippen molar-refractivity contribution in [3.8, 4) is 0 Å². The second kappa shape index (κ2) is 37.3. The minimum absolute atomic E-state index is 0.0900. The summed E-state index contributed by atoms with van der Waals surface area (Å²) in [6.45, 7) is 3.89. The Morgan fingerprint density at radius 1 is 0.511 bits per heavy atom. The van der Waals surface area contributed by atoms with Crippen LogP contribution >= 0.6 is 0 Å². The largest absolute Gasteiger partial charge is 0.462 e. The lowest BCUT2D eigenvalue weighted by molar-refractivity contribution is -0.161. The maximum atomic E-state index is 12.1. The van der Waals surface area contributed by atoms with Crippen LogP contribution in [0.3, 0.4) is 0 Å². The lowest BCUT2D eigenvalue weighted by Gasteiger charge is -2.15. The second-order valence-electron chi connectivity index (χ2n) is 11.6. The van der Waals surface area contributed by atoms with E-state index < -0.39 is 6.10 Å². The third-order valence-electron chi connectivity index (χ3n) is 7.14. The molecule has 5 heteroatoms. The fourth-order valence-electron chi connectivity index (χ4n) is 4.39. The van der Waals surface area contributed by atoms with Crippen molar-refractivity contribution in [2.75, 3.05) is 13.2 Å². The SMILES string of the molecule is CC/C=C\C/C=C\C/C=C\C/C=C\C/C=C\C/C=C\C/C=C\C/C=C\CCCCC(=O)OC(CO)COC(=O)CCCCCCCC. The molecule has 0 aromatic carbocycles. The topological polar surface area (TPSA) is 72.8 Å². The molecule has 1 atom stereocenters. The molecule has 47 heavy (non-hydrogen) atoms. The van der Waals surface area contributed by atoms with Gasteiger partial charge in [0.25, 0.3) is 0 Å². The molecule has 264 valence electrons. The number of hydrogen-bond donors (Lipinski definition) is 1. The fourth-order valence-corrected chi connectivity index (χ4v) is 4.39. The Balaban J connectivity index is 3.73. The Morgan fingerprint density at radius 2 is 0.915 bits per heavy atom. The molecule has 0 radical (unpaired) electrons. The van der Waals surface area contributed by atoms with Crippen LogP contribution in [0.5, 0.6) is 0 Å². The molecule has 0 aliphatic rings. The number of carbonyl (C=O) groups is 2. The first kappa shape index (κ1) is 43.8. The van der Waals surface area contributed by atoms with Gasteiger partial charge in [-0.05, 0) is 77.0 Å². The number of carbonyl (C=O) groups excluding carboxylic acids is 2. The van der Waals surface area contributed by atoms with Crippen molar-refractivity contribution in [3.05, 3.63) is 97.2 Å². The average Bonchev–Trinajstić information content (AvgIpc) is 3.07. The number of unbranched alkanes of at least 4 members (excludes halogenated alkanes) is 7. The summed E-state index contributed by atoms with van der Waals surface area (Å²) in [7, 11) is 0. The second-order valence-corrected chi connectivity index (χ2v) is 11.6. The first-order valence-corrected chi connectivity index (χ1v) is 18.3. The molecule has 0 saturated carbocycles. The van der Waals surface area contributed by atoms with E-state index >= 15 is 0 Å². The molecule has 0 heterocycles. The van der Waals surface area contributed by atoms with Gasteiger partial charge < -0.3 is 14.6 Å². The maximum absolute atomic E-state index is 12.1. The minimum atomic E-state index is -0.796. The molecule has 0 bridgehead atoms. The number of allylic oxidation sites excluding steroid dienone is 16. The standard InChI is InChI=1S/C42H66O5/c1-3-5-7-9-11-12-13-14-15-16-17-18-19-20-21-22-23-24-25-26-27-28-29-30-31-33-35-37-42(45)47-40(38-43)39-46-41(44)36-34-32-10-8-6-4-2/h5,7,11-12,14-15,17-18,20-21,23-24,26-27,29-30,40,43H,3-4,6,8-10,13,16,19,22,25,28,31-39H2,1-2H3/b7-5-,12-11-,15-14-,18-17-,21-20-,24-23-,27-26-,30-29-. The quantitative estimate of drug-likeness (QED) is 0.0459. The van der Waals surface area contributed by atoms with Gasteiger partial charge in [-0.3, -0.25) is 9.59 Å². The summed E-state index contributed by atoms with van der Waals surface area (Å²) in [5.74, 6) is -0.664. The van der Waals surface area contributed by atoms with Crippen molar-refractivity contribution in [2.45, 2.75) is 142 Å². The third-order valence-corrected chi connectivity index (χ3v) is 7.14. The van der Waals surface area contributed by atoms with Gasteiger partial charge in [-0.25, -0.2) is 0 Å². The minimum Gasteiger partial charge on any atom is -0.462 e. The summed E-state index contributed by atoms with van der Waals surface area (Å²) in [6, 6.07) is 0. The van der Waals surface area contributed by atoms with Gasteiger partial charge in [-0.15, -0.1) is 0 Å². The zero-order valence-corrected chi connectivity index (χ0v) is 29.7. The first-order chi connectivity index (χ1) is 23.1. The van der Waals surface area contributed by atoms with Gasteiger partial charge in [0.15, 0.2) is 6.10 Å². The van der Waals surface area contributed by atoms with Gasteiger partial charge >= 0.3 is 11.9 Å². The molecule has 1 unspecified atom stereocenters.